The molecule has 27 heavy (non-hydrogen) atoms. The van der Waals surface area contributed by atoms with Crippen LogP contribution in [0.15, 0.2) is 30.3 Å². The van der Waals surface area contributed by atoms with Crippen molar-refractivity contribution in [3.63, 3.8) is 0 Å². The second-order valence-electron chi connectivity index (χ2n) is 6.17. The van der Waals surface area contributed by atoms with E-state index in [1.165, 1.54) is 32.4 Å². The van der Waals surface area contributed by atoms with Crippen molar-refractivity contribution >= 4 is 17.6 Å². The molecule has 0 aliphatic heterocycles. The predicted octanol–water partition coefficient (Wildman–Crippen LogP) is 3.42. The number of aromatic carboxylic acids is 1. The Bertz CT molecular complexity index is 915. The lowest BCUT2D eigenvalue weighted by atomic mass is 10.1. The van der Waals surface area contributed by atoms with E-state index in [-0.39, 0.29) is 34.2 Å². The number of carboxylic acids is 1. The first-order valence-electron chi connectivity index (χ1n) is 8.10. The molecule has 2 aromatic carbocycles. The highest BCUT2D eigenvalue weighted by Crippen LogP contribution is 2.49. The van der Waals surface area contributed by atoms with Crippen LogP contribution in [0.4, 0.5) is 14.5 Å². The molecule has 0 bridgehead atoms. The third-order valence-electron chi connectivity index (χ3n) is 4.47. The first kappa shape index (κ1) is 18.6. The molecule has 6 nitrogen and oxygen atoms in total. The van der Waals surface area contributed by atoms with Crippen LogP contribution in [0.2, 0.25) is 0 Å². The molecule has 2 aromatic rings. The summed E-state index contributed by atoms with van der Waals surface area (Å²) in [6.07, 6.45) is 0.409. The van der Waals surface area contributed by atoms with E-state index in [1.807, 2.05) is 0 Å². The highest BCUT2D eigenvalue weighted by atomic mass is 19.1. The summed E-state index contributed by atoms with van der Waals surface area (Å²) in [6.45, 7) is 0. The van der Waals surface area contributed by atoms with Gasteiger partial charge < -0.3 is 19.9 Å². The number of halogens is 2. The molecule has 1 aliphatic rings. The van der Waals surface area contributed by atoms with Crippen LogP contribution >= 0.6 is 0 Å². The Hall–Kier alpha value is -3.16. The molecular formula is C19H17F2NO5. The first-order chi connectivity index (χ1) is 12.8. The molecule has 0 radical (unpaired) electrons. The number of ether oxygens (including phenoxy) is 2. The Morgan fingerprint density at radius 3 is 2.48 bits per heavy atom. The van der Waals surface area contributed by atoms with Crippen LogP contribution in [0.1, 0.15) is 28.3 Å². The van der Waals surface area contributed by atoms with Crippen molar-refractivity contribution in [1.29, 1.82) is 0 Å². The fraction of sp³-hybridized carbons (Fsp3) is 0.263. The summed E-state index contributed by atoms with van der Waals surface area (Å²) >= 11 is 0. The summed E-state index contributed by atoms with van der Waals surface area (Å²) in [6, 6.07) is 5.81. The van der Waals surface area contributed by atoms with Gasteiger partial charge in [-0.3, -0.25) is 4.79 Å². The van der Waals surface area contributed by atoms with Crippen LogP contribution in [0.25, 0.3) is 0 Å². The van der Waals surface area contributed by atoms with Gasteiger partial charge >= 0.3 is 5.97 Å². The first-order valence-corrected chi connectivity index (χ1v) is 8.10. The van der Waals surface area contributed by atoms with Gasteiger partial charge in [-0.05, 0) is 36.1 Å². The topological polar surface area (TPSA) is 84.9 Å². The lowest BCUT2D eigenvalue weighted by Crippen LogP contribution is -2.16. The van der Waals surface area contributed by atoms with E-state index in [2.05, 4.69) is 5.32 Å². The maximum absolute atomic E-state index is 13.9. The minimum absolute atomic E-state index is 0.0834. The minimum Gasteiger partial charge on any atom is -0.493 e. The average molecular weight is 377 g/mol. The van der Waals surface area contributed by atoms with Gasteiger partial charge in [0.2, 0.25) is 5.91 Å². The number of methoxy groups -OCH3 is 2. The largest absolute Gasteiger partial charge is 0.493 e. The molecule has 3 rings (SSSR count). The maximum atomic E-state index is 13.9. The van der Waals surface area contributed by atoms with Gasteiger partial charge in [0.15, 0.2) is 11.5 Å². The van der Waals surface area contributed by atoms with Gasteiger partial charge in [-0.1, -0.05) is 6.07 Å². The van der Waals surface area contributed by atoms with Gasteiger partial charge in [-0.15, -0.1) is 0 Å². The number of hydrogen-bond acceptors (Lipinski definition) is 4. The third-order valence-corrected chi connectivity index (χ3v) is 4.47. The highest BCUT2D eigenvalue weighted by molar-refractivity contribution is 5.99. The normalized spacial score (nSPS) is 17.9. The monoisotopic (exact) mass is 377 g/mol. The van der Waals surface area contributed by atoms with Crippen molar-refractivity contribution in [3.8, 4) is 11.5 Å². The van der Waals surface area contributed by atoms with Crippen molar-refractivity contribution in [2.24, 2.45) is 5.92 Å². The SMILES string of the molecule is COc1cc(C(=O)O)cc(NC(=O)C2CC2c2ccc(F)cc2F)c1OC. The molecule has 1 saturated carbocycles. The summed E-state index contributed by atoms with van der Waals surface area (Å²) in [5.74, 6) is -3.50. The predicted molar refractivity (Wildman–Crippen MR) is 92.3 cm³/mol. The van der Waals surface area contributed by atoms with E-state index >= 15 is 0 Å². The van der Waals surface area contributed by atoms with Crippen LogP contribution in [-0.4, -0.2) is 31.2 Å². The molecule has 1 fully saturated rings. The van der Waals surface area contributed by atoms with Gasteiger partial charge in [0, 0.05) is 12.0 Å². The number of amides is 1. The fourth-order valence-corrected chi connectivity index (χ4v) is 3.04. The van der Waals surface area contributed by atoms with E-state index in [1.54, 1.807) is 0 Å². The van der Waals surface area contributed by atoms with Gasteiger partial charge in [0.25, 0.3) is 0 Å². The number of rotatable bonds is 6. The summed E-state index contributed by atoms with van der Waals surface area (Å²) in [5, 5.41) is 11.8. The van der Waals surface area contributed by atoms with Crippen LogP contribution in [0.3, 0.4) is 0 Å². The second kappa shape index (κ2) is 7.22. The van der Waals surface area contributed by atoms with E-state index in [9.17, 15) is 23.5 Å². The molecule has 0 heterocycles. The highest BCUT2D eigenvalue weighted by Gasteiger charge is 2.45. The van der Waals surface area contributed by atoms with Gasteiger partial charge in [0.05, 0.1) is 25.5 Å². The number of carboxylic acid groups (broad SMARTS) is 1. The van der Waals surface area contributed by atoms with Gasteiger partial charge in [-0.2, -0.15) is 0 Å². The van der Waals surface area contributed by atoms with Crippen LogP contribution < -0.4 is 14.8 Å². The molecule has 0 saturated heterocycles. The molecule has 8 heteroatoms. The average Bonchev–Trinajstić information content (AvgIpc) is 3.41. The number of benzene rings is 2. The zero-order valence-corrected chi connectivity index (χ0v) is 14.6. The van der Waals surface area contributed by atoms with Crippen molar-refractivity contribution in [3.05, 3.63) is 53.1 Å². The maximum Gasteiger partial charge on any atom is 0.335 e. The van der Waals surface area contributed by atoms with Crippen LogP contribution in [0, 0.1) is 17.6 Å². The Morgan fingerprint density at radius 2 is 1.89 bits per heavy atom. The second-order valence-corrected chi connectivity index (χ2v) is 6.17. The molecule has 2 unspecified atom stereocenters. The molecule has 0 aromatic heterocycles. The number of carbonyl (C=O) groups is 2. The van der Waals surface area contributed by atoms with Crippen LogP contribution in [0.5, 0.6) is 11.5 Å². The Morgan fingerprint density at radius 1 is 1.15 bits per heavy atom. The smallest absolute Gasteiger partial charge is 0.335 e. The van der Waals surface area contributed by atoms with Crippen molar-refractivity contribution in [2.45, 2.75) is 12.3 Å². The molecule has 2 N–H and O–H groups in total. The minimum atomic E-state index is -1.19. The lowest BCUT2D eigenvalue weighted by Gasteiger charge is -2.15. The van der Waals surface area contributed by atoms with Crippen molar-refractivity contribution < 1.29 is 33.0 Å². The Kier molecular flexibility index (Phi) is 4.98. The van der Waals surface area contributed by atoms with E-state index in [0.29, 0.717) is 6.42 Å². The number of carbonyl (C=O) groups excluding carboxylic acids is 1. The number of anilines is 1. The summed E-state index contributed by atoms with van der Waals surface area (Å²) in [7, 11) is 2.71. The van der Waals surface area contributed by atoms with Crippen LogP contribution in [-0.2, 0) is 4.79 Å². The third kappa shape index (κ3) is 3.69. The molecule has 1 amide bonds. The fourth-order valence-electron chi connectivity index (χ4n) is 3.04. The molecule has 0 spiro atoms. The standard InChI is InChI=1S/C19H17F2NO5/c1-26-16-6-9(19(24)25)5-15(17(16)27-2)22-18(23)13-8-12(13)11-4-3-10(20)7-14(11)21/h3-7,12-13H,8H2,1-2H3,(H,22,23)(H,24,25). The van der Waals surface area contributed by atoms with Gasteiger partial charge in [0.1, 0.15) is 11.6 Å². The van der Waals surface area contributed by atoms with E-state index < -0.39 is 29.4 Å². The molecule has 1 aliphatic carbocycles. The Labute approximate surface area is 153 Å². The van der Waals surface area contributed by atoms with Crippen molar-refractivity contribution in [2.75, 3.05) is 19.5 Å². The van der Waals surface area contributed by atoms with Gasteiger partial charge in [-0.25, -0.2) is 13.6 Å². The van der Waals surface area contributed by atoms with E-state index in [0.717, 1.165) is 12.1 Å². The zero-order chi connectivity index (χ0) is 19.7. The zero-order valence-electron chi connectivity index (χ0n) is 14.6. The quantitative estimate of drug-likeness (QED) is 0.806. The molecule has 2 atom stereocenters. The summed E-state index contributed by atoms with van der Waals surface area (Å²) < 4.78 is 37.3. The molecule has 142 valence electrons. The Balaban J connectivity index is 1.82. The summed E-state index contributed by atoms with van der Waals surface area (Å²) in [5.41, 5.74) is 0.338. The lowest BCUT2D eigenvalue weighted by molar-refractivity contribution is -0.117. The number of hydrogen-bond donors (Lipinski definition) is 2. The molecular weight excluding hydrogens is 360 g/mol. The van der Waals surface area contributed by atoms with Crippen molar-refractivity contribution in [1.82, 2.24) is 0 Å². The number of nitrogens with one attached hydrogen (secondary N) is 1. The summed E-state index contributed by atoms with van der Waals surface area (Å²) in [4.78, 5) is 23.8. The van der Waals surface area contributed by atoms with E-state index in [4.69, 9.17) is 9.47 Å².